The van der Waals surface area contributed by atoms with Gasteiger partial charge in [-0.1, -0.05) is 0 Å². The number of hydrogen-bond donors (Lipinski definition) is 0. The quantitative estimate of drug-likeness (QED) is 0.799. The second-order valence-electron chi connectivity index (χ2n) is 2.78. The van der Waals surface area contributed by atoms with Crippen LogP contribution in [0.5, 0.6) is 5.88 Å². The summed E-state index contributed by atoms with van der Waals surface area (Å²) in [7, 11) is 0. The van der Waals surface area contributed by atoms with E-state index in [2.05, 4.69) is 20.9 Å². The molecule has 68 valence electrons. The van der Waals surface area contributed by atoms with Gasteiger partial charge < -0.3 is 4.74 Å². The summed E-state index contributed by atoms with van der Waals surface area (Å²) in [5.74, 6) is 0.390. The number of halogens is 1. The lowest BCUT2D eigenvalue weighted by Crippen LogP contribution is -2.08. The molecule has 1 aromatic rings. The highest BCUT2D eigenvalue weighted by atomic mass is 79.9. The Balaban J connectivity index is 3.01. The van der Waals surface area contributed by atoms with Gasteiger partial charge in [-0.2, -0.15) is 5.26 Å². The summed E-state index contributed by atoms with van der Waals surface area (Å²) in [6.45, 7) is 3.79. The molecule has 0 aliphatic heterocycles. The van der Waals surface area contributed by atoms with Crippen LogP contribution in [0.1, 0.15) is 19.4 Å². The third-order valence-corrected chi connectivity index (χ3v) is 1.72. The highest BCUT2D eigenvalue weighted by Gasteiger charge is 2.06. The Morgan fingerprint density at radius 3 is 2.85 bits per heavy atom. The highest BCUT2D eigenvalue weighted by molar-refractivity contribution is 9.10. The summed E-state index contributed by atoms with van der Waals surface area (Å²) in [5, 5.41) is 8.76. The maximum atomic E-state index is 8.76. The Hall–Kier alpha value is -1.08. The van der Waals surface area contributed by atoms with E-state index in [0.717, 1.165) is 4.47 Å². The first kappa shape index (κ1) is 10.0. The van der Waals surface area contributed by atoms with Crippen molar-refractivity contribution >= 4 is 15.9 Å². The molecular weight excluding hydrogens is 232 g/mol. The molecule has 0 atom stereocenters. The van der Waals surface area contributed by atoms with Crippen molar-refractivity contribution in [3.63, 3.8) is 0 Å². The van der Waals surface area contributed by atoms with E-state index in [0.29, 0.717) is 11.4 Å². The molecule has 0 aliphatic rings. The third kappa shape index (κ3) is 2.71. The van der Waals surface area contributed by atoms with Gasteiger partial charge in [0.2, 0.25) is 5.88 Å². The van der Waals surface area contributed by atoms with Crippen molar-refractivity contribution in [1.29, 1.82) is 5.26 Å². The van der Waals surface area contributed by atoms with Crippen LogP contribution in [0.2, 0.25) is 0 Å². The predicted octanol–water partition coefficient (Wildman–Crippen LogP) is 2.50. The fourth-order valence-electron chi connectivity index (χ4n) is 0.824. The number of nitrogens with zero attached hydrogens (tertiary/aromatic N) is 2. The molecule has 0 spiro atoms. The number of aromatic nitrogens is 1. The number of hydrogen-bond acceptors (Lipinski definition) is 3. The van der Waals surface area contributed by atoms with Crippen LogP contribution >= 0.6 is 15.9 Å². The van der Waals surface area contributed by atoms with E-state index in [9.17, 15) is 0 Å². The van der Waals surface area contributed by atoms with Crippen molar-refractivity contribution in [3.05, 3.63) is 22.3 Å². The molecule has 1 heterocycles. The molecule has 0 saturated heterocycles. The van der Waals surface area contributed by atoms with Crippen LogP contribution in [0.25, 0.3) is 0 Å². The Kier molecular flexibility index (Phi) is 3.26. The Morgan fingerprint density at radius 2 is 2.31 bits per heavy atom. The molecule has 0 unspecified atom stereocenters. The van der Waals surface area contributed by atoms with Crippen molar-refractivity contribution in [2.75, 3.05) is 0 Å². The second-order valence-corrected chi connectivity index (χ2v) is 3.70. The standard InChI is InChI=1S/C9H9BrN2O/c1-6(2)13-9-7(4-11)3-8(10)5-12-9/h3,5-6H,1-2H3. The summed E-state index contributed by atoms with van der Waals surface area (Å²) < 4.78 is 6.11. The number of rotatable bonds is 2. The monoisotopic (exact) mass is 240 g/mol. The fourth-order valence-corrected chi connectivity index (χ4v) is 1.16. The van der Waals surface area contributed by atoms with E-state index >= 15 is 0 Å². The minimum atomic E-state index is 0.0285. The van der Waals surface area contributed by atoms with Crippen LogP contribution in [-0.4, -0.2) is 11.1 Å². The summed E-state index contributed by atoms with van der Waals surface area (Å²) >= 11 is 3.23. The lowest BCUT2D eigenvalue weighted by molar-refractivity contribution is 0.232. The first-order chi connectivity index (χ1) is 6.13. The van der Waals surface area contributed by atoms with Crippen molar-refractivity contribution in [2.45, 2.75) is 20.0 Å². The highest BCUT2D eigenvalue weighted by Crippen LogP contribution is 2.19. The average Bonchev–Trinajstić information content (AvgIpc) is 2.07. The minimum Gasteiger partial charge on any atom is -0.474 e. The van der Waals surface area contributed by atoms with Crippen molar-refractivity contribution in [1.82, 2.24) is 4.98 Å². The molecule has 0 radical (unpaired) electrons. The van der Waals surface area contributed by atoms with E-state index in [1.165, 1.54) is 0 Å². The third-order valence-electron chi connectivity index (χ3n) is 1.29. The summed E-state index contributed by atoms with van der Waals surface area (Å²) in [6, 6.07) is 3.71. The molecule has 4 heteroatoms. The van der Waals surface area contributed by atoms with Gasteiger partial charge in [0.05, 0.1) is 6.10 Å². The van der Waals surface area contributed by atoms with Gasteiger partial charge in [0.1, 0.15) is 11.6 Å². The van der Waals surface area contributed by atoms with Crippen molar-refractivity contribution < 1.29 is 4.74 Å². The van der Waals surface area contributed by atoms with Crippen LogP contribution in [-0.2, 0) is 0 Å². The molecule has 0 amide bonds. The van der Waals surface area contributed by atoms with E-state index in [1.807, 2.05) is 19.9 Å². The molecule has 0 N–H and O–H groups in total. The van der Waals surface area contributed by atoms with Gasteiger partial charge in [0.25, 0.3) is 0 Å². The van der Waals surface area contributed by atoms with Crippen molar-refractivity contribution in [3.8, 4) is 11.9 Å². The molecule has 1 rings (SSSR count). The first-order valence-corrected chi connectivity index (χ1v) is 4.65. The van der Waals surface area contributed by atoms with E-state index in [1.54, 1.807) is 12.3 Å². The Morgan fingerprint density at radius 1 is 1.62 bits per heavy atom. The molecule has 1 aromatic heterocycles. The molecule has 0 aliphatic carbocycles. The Bertz CT molecular complexity index is 344. The molecule has 0 saturated carbocycles. The van der Waals surface area contributed by atoms with Crippen LogP contribution in [0.15, 0.2) is 16.7 Å². The summed E-state index contributed by atoms with van der Waals surface area (Å²) in [4.78, 5) is 4.00. The number of nitriles is 1. The van der Waals surface area contributed by atoms with Gasteiger partial charge in [0.15, 0.2) is 0 Å². The van der Waals surface area contributed by atoms with Gasteiger partial charge in [-0.3, -0.25) is 0 Å². The first-order valence-electron chi connectivity index (χ1n) is 3.85. The zero-order valence-electron chi connectivity index (χ0n) is 7.41. The number of pyridine rings is 1. The summed E-state index contributed by atoms with van der Waals surface area (Å²) in [6.07, 6.45) is 1.64. The topological polar surface area (TPSA) is 45.9 Å². The largest absolute Gasteiger partial charge is 0.474 e. The molecular formula is C9H9BrN2O. The summed E-state index contributed by atoms with van der Waals surface area (Å²) in [5.41, 5.74) is 0.447. The molecule has 0 bridgehead atoms. The van der Waals surface area contributed by atoms with Gasteiger partial charge in [0, 0.05) is 10.7 Å². The van der Waals surface area contributed by atoms with Gasteiger partial charge in [-0.25, -0.2) is 4.98 Å². The SMILES string of the molecule is CC(C)Oc1ncc(Br)cc1C#N. The lowest BCUT2D eigenvalue weighted by Gasteiger charge is -2.09. The maximum absolute atomic E-state index is 8.76. The van der Waals surface area contributed by atoms with E-state index in [-0.39, 0.29) is 6.10 Å². The number of ether oxygens (including phenoxy) is 1. The molecule has 3 nitrogen and oxygen atoms in total. The predicted molar refractivity (Wildman–Crippen MR) is 52.4 cm³/mol. The molecule has 0 aromatic carbocycles. The second kappa shape index (κ2) is 4.24. The molecule has 13 heavy (non-hydrogen) atoms. The molecule has 0 fully saturated rings. The van der Waals surface area contributed by atoms with Crippen LogP contribution in [0.4, 0.5) is 0 Å². The van der Waals surface area contributed by atoms with Crippen molar-refractivity contribution in [2.24, 2.45) is 0 Å². The fraction of sp³-hybridized carbons (Fsp3) is 0.333. The lowest BCUT2D eigenvalue weighted by atomic mass is 10.3. The van der Waals surface area contributed by atoms with Gasteiger partial charge in [-0.15, -0.1) is 0 Å². The zero-order valence-corrected chi connectivity index (χ0v) is 9.00. The maximum Gasteiger partial charge on any atom is 0.231 e. The van der Waals surface area contributed by atoms with Crippen LogP contribution < -0.4 is 4.74 Å². The zero-order chi connectivity index (χ0) is 9.84. The van der Waals surface area contributed by atoms with Crippen LogP contribution in [0.3, 0.4) is 0 Å². The minimum absolute atomic E-state index is 0.0285. The Labute approximate surface area is 85.5 Å². The van der Waals surface area contributed by atoms with E-state index in [4.69, 9.17) is 10.00 Å². The smallest absolute Gasteiger partial charge is 0.231 e. The normalized spacial score (nSPS) is 9.77. The van der Waals surface area contributed by atoms with Gasteiger partial charge in [-0.05, 0) is 35.8 Å². The van der Waals surface area contributed by atoms with Gasteiger partial charge >= 0.3 is 0 Å². The van der Waals surface area contributed by atoms with Crippen LogP contribution in [0, 0.1) is 11.3 Å². The average molecular weight is 241 g/mol. The van der Waals surface area contributed by atoms with E-state index < -0.39 is 0 Å².